The van der Waals surface area contributed by atoms with Gasteiger partial charge in [-0.2, -0.15) is 0 Å². The van der Waals surface area contributed by atoms with Gasteiger partial charge in [0, 0.05) is 12.2 Å². The van der Waals surface area contributed by atoms with E-state index in [9.17, 15) is 0 Å². The summed E-state index contributed by atoms with van der Waals surface area (Å²) in [5.74, 6) is 0.963. The minimum absolute atomic E-state index is 0.665. The van der Waals surface area contributed by atoms with Crippen LogP contribution in [0.15, 0.2) is 42.5 Å². The van der Waals surface area contributed by atoms with Crippen LogP contribution < -0.4 is 10.1 Å². The Morgan fingerprint density at radius 2 is 1.63 bits per heavy atom. The molecule has 0 aliphatic carbocycles. The molecule has 2 heteroatoms. The van der Waals surface area contributed by atoms with Gasteiger partial charge in [-0.3, -0.25) is 0 Å². The summed E-state index contributed by atoms with van der Waals surface area (Å²) in [5.41, 5.74) is 4.98. The summed E-state index contributed by atoms with van der Waals surface area (Å²) in [6.07, 6.45) is 0. The van der Waals surface area contributed by atoms with Gasteiger partial charge in [-0.15, -0.1) is 0 Å². The van der Waals surface area contributed by atoms with E-state index in [2.05, 4.69) is 50.4 Å². The summed E-state index contributed by atoms with van der Waals surface area (Å²) in [6, 6.07) is 14.4. The SMILES string of the molecule is Cc1ccccc1OCCNc1cccc(C)c1C. The number of anilines is 1. The Labute approximate surface area is 115 Å². The topological polar surface area (TPSA) is 21.3 Å². The van der Waals surface area contributed by atoms with Crippen molar-refractivity contribution in [2.45, 2.75) is 20.8 Å². The van der Waals surface area contributed by atoms with Crippen LogP contribution in [0, 0.1) is 20.8 Å². The molecule has 2 nitrogen and oxygen atoms in total. The van der Waals surface area contributed by atoms with Crippen LogP contribution >= 0.6 is 0 Å². The van der Waals surface area contributed by atoms with Gasteiger partial charge in [-0.1, -0.05) is 30.3 Å². The molecule has 2 aromatic carbocycles. The highest BCUT2D eigenvalue weighted by molar-refractivity contribution is 5.53. The summed E-state index contributed by atoms with van der Waals surface area (Å²) in [6.45, 7) is 7.80. The lowest BCUT2D eigenvalue weighted by molar-refractivity contribution is 0.330. The number of hydrogen-bond acceptors (Lipinski definition) is 2. The number of rotatable bonds is 5. The van der Waals surface area contributed by atoms with Crippen molar-refractivity contribution in [2.24, 2.45) is 0 Å². The molecule has 19 heavy (non-hydrogen) atoms. The third-order valence-electron chi connectivity index (χ3n) is 3.37. The van der Waals surface area contributed by atoms with Crippen molar-refractivity contribution in [3.05, 3.63) is 59.2 Å². The van der Waals surface area contributed by atoms with Crippen molar-refractivity contribution >= 4 is 5.69 Å². The van der Waals surface area contributed by atoms with Crippen molar-refractivity contribution in [3.63, 3.8) is 0 Å². The van der Waals surface area contributed by atoms with Gasteiger partial charge in [0.1, 0.15) is 12.4 Å². The molecule has 0 heterocycles. The fourth-order valence-corrected chi connectivity index (χ4v) is 2.01. The van der Waals surface area contributed by atoms with Gasteiger partial charge in [0.15, 0.2) is 0 Å². The maximum atomic E-state index is 5.77. The zero-order chi connectivity index (χ0) is 13.7. The van der Waals surface area contributed by atoms with Crippen LogP contribution in [0.4, 0.5) is 5.69 Å². The summed E-state index contributed by atoms with van der Waals surface area (Å²) in [4.78, 5) is 0. The van der Waals surface area contributed by atoms with Crippen LogP contribution in [0.3, 0.4) is 0 Å². The van der Waals surface area contributed by atoms with Gasteiger partial charge in [-0.25, -0.2) is 0 Å². The first-order valence-electron chi connectivity index (χ1n) is 6.67. The van der Waals surface area contributed by atoms with Crippen molar-refractivity contribution in [3.8, 4) is 5.75 Å². The average Bonchev–Trinajstić information content (AvgIpc) is 2.41. The van der Waals surface area contributed by atoms with Gasteiger partial charge in [0.2, 0.25) is 0 Å². The minimum atomic E-state index is 0.665. The molecule has 0 spiro atoms. The maximum absolute atomic E-state index is 5.77. The predicted molar refractivity (Wildman–Crippen MR) is 81.1 cm³/mol. The molecule has 0 saturated heterocycles. The molecule has 1 N–H and O–H groups in total. The molecule has 0 fully saturated rings. The lowest BCUT2D eigenvalue weighted by Crippen LogP contribution is -2.12. The number of hydrogen-bond donors (Lipinski definition) is 1. The molecule has 0 saturated carbocycles. The zero-order valence-corrected chi connectivity index (χ0v) is 11.9. The third kappa shape index (κ3) is 3.50. The van der Waals surface area contributed by atoms with Gasteiger partial charge in [-0.05, 0) is 49.6 Å². The highest BCUT2D eigenvalue weighted by atomic mass is 16.5. The van der Waals surface area contributed by atoms with Crippen LogP contribution in [-0.4, -0.2) is 13.2 Å². The Morgan fingerprint density at radius 3 is 2.42 bits per heavy atom. The number of nitrogens with one attached hydrogen (secondary N) is 1. The van der Waals surface area contributed by atoms with E-state index in [0.29, 0.717) is 6.61 Å². The molecule has 0 aliphatic heterocycles. The molecule has 0 aliphatic rings. The Morgan fingerprint density at radius 1 is 0.895 bits per heavy atom. The molecule has 0 radical (unpaired) electrons. The van der Waals surface area contributed by atoms with E-state index in [0.717, 1.165) is 12.3 Å². The fraction of sp³-hybridized carbons (Fsp3) is 0.294. The molecule has 0 amide bonds. The van der Waals surface area contributed by atoms with E-state index >= 15 is 0 Å². The van der Waals surface area contributed by atoms with Gasteiger partial charge in [0.25, 0.3) is 0 Å². The van der Waals surface area contributed by atoms with Crippen molar-refractivity contribution in [1.29, 1.82) is 0 Å². The van der Waals surface area contributed by atoms with Crippen molar-refractivity contribution in [1.82, 2.24) is 0 Å². The molecule has 0 atom stereocenters. The predicted octanol–water partition coefficient (Wildman–Crippen LogP) is 4.10. The minimum Gasteiger partial charge on any atom is -0.491 e. The second-order valence-electron chi connectivity index (χ2n) is 4.79. The number of aryl methyl sites for hydroxylation is 2. The van der Waals surface area contributed by atoms with E-state index in [1.54, 1.807) is 0 Å². The smallest absolute Gasteiger partial charge is 0.122 e. The van der Waals surface area contributed by atoms with Crippen LogP contribution in [-0.2, 0) is 0 Å². The Balaban J connectivity index is 1.84. The average molecular weight is 255 g/mol. The Hall–Kier alpha value is -1.96. The Kier molecular flexibility index (Phi) is 4.45. The van der Waals surface area contributed by atoms with Crippen LogP contribution in [0.25, 0.3) is 0 Å². The zero-order valence-electron chi connectivity index (χ0n) is 11.9. The van der Waals surface area contributed by atoms with Crippen LogP contribution in [0.1, 0.15) is 16.7 Å². The first kappa shape index (κ1) is 13.5. The van der Waals surface area contributed by atoms with Crippen LogP contribution in [0.2, 0.25) is 0 Å². The largest absolute Gasteiger partial charge is 0.491 e. The van der Waals surface area contributed by atoms with Gasteiger partial charge >= 0.3 is 0 Å². The van der Waals surface area contributed by atoms with E-state index in [1.165, 1.54) is 22.4 Å². The lowest BCUT2D eigenvalue weighted by Gasteiger charge is -2.13. The monoisotopic (exact) mass is 255 g/mol. The van der Waals surface area contributed by atoms with Crippen molar-refractivity contribution < 1.29 is 4.74 Å². The molecule has 0 bridgehead atoms. The van der Waals surface area contributed by atoms with Crippen LogP contribution in [0.5, 0.6) is 5.75 Å². The molecule has 0 aromatic heterocycles. The van der Waals surface area contributed by atoms with Gasteiger partial charge in [0.05, 0.1) is 0 Å². The highest BCUT2D eigenvalue weighted by Crippen LogP contribution is 2.18. The molecule has 2 aromatic rings. The van der Waals surface area contributed by atoms with Crippen molar-refractivity contribution in [2.75, 3.05) is 18.5 Å². The highest BCUT2D eigenvalue weighted by Gasteiger charge is 2.00. The number of ether oxygens (including phenoxy) is 1. The first-order valence-corrected chi connectivity index (χ1v) is 6.67. The second-order valence-corrected chi connectivity index (χ2v) is 4.79. The molecule has 2 rings (SSSR count). The quantitative estimate of drug-likeness (QED) is 0.812. The number of para-hydroxylation sites is 1. The summed E-state index contributed by atoms with van der Waals surface area (Å²) in [5, 5.41) is 3.42. The second kappa shape index (κ2) is 6.28. The normalized spacial score (nSPS) is 10.3. The summed E-state index contributed by atoms with van der Waals surface area (Å²) >= 11 is 0. The van der Waals surface area contributed by atoms with E-state index < -0.39 is 0 Å². The summed E-state index contributed by atoms with van der Waals surface area (Å²) in [7, 11) is 0. The molecular weight excluding hydrogens is 234 g/mol. The Bertz CT molecular complexity index is 549. The van der Waals surface area contributed by atoms with E-state index in [4.69, 9.17) is 4.74 Å². The standard InChI is InChI=1S/C17H21NO/c1-13-8-6-9-16(15(13)3)18-11-12-19-17-10-5-4-7-14(17)2/h4-10,18H,11-12H2,1-3H3. The molecule has 0 unspecified atom stereocenters. The molecule has 100 valence electrons. The lowest BCUT2D eigenvalue weighted by atomic mass is 10.1. The summed E-state index contributed by atoms with van der Waals surface area (Å²) < 4.78 is 5.77. The van der Waals surface area contributed by atoms with Gasteiger partial charge < -0.3 is 10.1 Å². The first-order chi connectivity index (χ1) is 9.18. The maximum Gasteiger partial charge on any atom is 0.122 e. The third-order valence-corrected chi connectivity index (χ3v) is 3.37. The van der Waals surface area contributed by atoms with E-state index in [-0.39, 0.29) is 0 Å². The fourth-order valence-electron chi connectivity index (χ4n) is 2.01. The number of benzene rings is 2. The van der Waals surface area contributed by atoms with E-state index in [1.807, 2.05) is 18.2 Å². The molecular formula is C17H21NO.